The van der Waals surface area contributed by atoms with Gasteiger partial charge in [-0.2, -0.15) is 0 Å². The molecule has 0 saturated heterocycles. The Morgan fingerprint density at radius 1 is 0.393 bits per heavy atom. The molecule has 0 bridgehead atoms. The molecule has 56 heavy (non-hydrogen) atoms. The summed E-state index contributed by atoms with van der Waals surface area (Å²) in [4.78, 5) is 20.9. The van der Waals surface area contributed by atoms with Crippen LogP contribution in [0, 0.1) is 0 Å². The molecule has 0 aliphatic carbocycles. The minimum absolute atomic E-state index is 0.966. The van der Waals surface area contributed by atoms with Crippen molar-refractivity contribution in [2.24, 2.45) is 0 Å². The molecule has 0 radical (unpaired) electrons. The zero-order valence-electron chi connectivity index (χ0n) is 30.0. The second-order valence-electron chi connectivity index (χ2n) is 14.0. The highest BCUT2D eigenvalue weighted by Gasteiger charge is 2.16. The highest BCUT2D eigenvalue weighted by atomic mass is 32.1. The minimum Gasteiger partial charge on any atom is -0.310 e. The minimum atomic E-state index is 0.966. The molecule has 0 amide bonds. The van der Waals surface area contributed by atoms with Crippen molar-refractivity contribution in [3.63, 3.8) is 0 Å². The standard InChI is InChI=1S/C50H31N5S/c1-2-8-47-44(7-1)49-50(56-47)48(53-31-54-49)40-14-13-37-28-43(24-19-36(37)27-40)55(41-20-15-32(16-21-41)38-11-9-34-5-3-25-51-45(34)29-38)42-22-17-33(18-23-42)39-12-10-35-6-4-26-52-46(35)30-39/h1-31H. The molecule has 7 aromatic carbocycles. The normalized spacial score (nSPS) is 11.6. The van der Waals surface area contributed by atoms with Crippen LogP contribution in [-0.2, 0) is 0 Å². The maximum atomic E-state index is 4.78. The van der Waals surface area contributed by atoms with Crippen LogP contribution in [-0.4, -0.2) is 19.9 Å². The van der Waals surface area contributed by atoms with Gasteiger partial charge in [0, 0.05) is 55.9 Å². The molecule has 4 heterocycles. The van der Waals surface area contributed by atoms with E-state index in [2.05, 4.69) is 178 Å². The average Bonchev–Trinajstić information content (AvgIpc) is 3.66. The van der Waals surface area contributed by atoms with Crippen molar-refractivity contribution in [2.75, 3.05) is 4.90 Å². The molecule has 4 aromatic heterocycles. The lowest BCUT2D eigenvalue weighted by Crippen LogP contribution is -2.09. The second kappa shape index (κ2) is 13.2. The summed E-state index contributed by atoms with van der Waals surface area (Å²) in [6.07, 6.45) is 5.38. The van der Waals surface area contributed by atoms with Gasteiger partial charge >= 0.3 is 0 Å². The van der Waals surface area contributed by atoms with Gasteiger partial charge in [0.25, 0.3) is 0 Å². The van der Waals surface area contributed by atoms with Gasteiger partial charge in [-0.3, -0.25) is 9.97 Å². The topological polar surface area (TPSA) is 54.8 Å². The predicted molar refractivity (Wildman–Crippen MR) is 234 cm³/mol. The Morgan fingerprint density at radius 3 is 1.62 bits per heavy atom. The first-order valence-corrected chi connectivity index (χ1v) is 19.4. The fourth-order valence-corrected chi connectivity index (χ4v) is 8.96. The second-order valence-corrected chi connectivity index (χ2v) is 15.0. The fraction of sp³-hybridized carbons (Fsp3) is 0. The van der Waals surface area contributed by atoms with Crippen molar-refractivity contribution < 1.29 is 0 Å². The third kappa shape index (κ3) is 5.63. The van der Waals surface area contributed by atoms with E-state index in [4.69, 9.17) is 4.98 Å². The molecular weight excluding hydrogens is 703 g/mol. The van der Waals surface area contributed by atoms with E-state index in [0.717, 1.165) is 93.4 Å². The van der Waals surface area contributed by atoms with Gasteiger partial charge in [-0.15, -0.1) is 11.3 Å². The van der Waals surface area contributed by atoms with E-state index in [1.54, 1.807) is 17.7 Å². The maximum Gasteiger partial charge on any atom is 0.116 e. The Morgan fingerprint density at radius 2 is 0.946 bits per heavy atom. The van der Waals surface area contributed by atoms with Crippen molar-refractivity contribution in [3.8, 4) is 33.5 Å². The average molecular weight is 734 g/mol. The van der Waals surface area contributed by atoms with Crippen LogP contribution in [0.5, 0.6) is 0 Å². The van der Waals surface area contributed by atoms with Gasteiger partial charge in [0.2, 0.25) is 0 Å². The molecule has 11 rings (SSSR count). The first-order valence-electron chi connectivity index (χ1n) is 18.6. The van der Waals surface area contributed by atoms with E-state index in [1.165, 1.54) is 10.1 Å². The third-order valence-electron chi connectivity index (χ3n) is 10.6. The van der Waals surface area contributed by atoms with Crippen LogP contribution in [0.3, 0.4) is 0 Å². The number of nitrogens with zero attached hydrogens (tertiary/aromatic N) is 5. The Kier molecular flexibility index (Phi) is 7.60. The van der Waals surface area contributed by atoms with E-state index in [9.17, 15) is 0 Å². The number of anilines is 3. The summed E-state index contributed by atoms with van der Waals surface area (Å²) in [6.45, 7) is 0. The zero-order valence-corrected chi connectivity index (χ0v) is 30.9. The zero-order chi connectivity index (χ0) is 37.0. The summed E-state index contributed by atoms with van der Waals surface area (Å²) in [5.41, 5.74) is 12.8. The first kappa shape index (κ1) is 32.2. The highest BCUT2D eigenvalue weighted by Crippen LogP contribution is 2.41. The van der Waals surface area contributed by atoms with Crippen molar-refractivity contribution in [3.05, 3.63) is 189 Å². The monoisotopic (exact) mass is 733 g/mol. The Bertz CT molecular complexity index is 3140. The van der Waals surface area contributed by atoms with Gasteiger partial charge in [0.15, 0.2) is 0 Å². The molecular formula is C50H31N5S. The van der Waals surface area contributed by atoms with Crippen LogP contribution in [0.4, 0.5) is 17.1 Å². The largest absolute Gasteiger partial charge is 0.310 e. The van der Waals surface area contributed by atoms with Gasteiger partial charge in [0.05, 0.1) is 26.9 Å². The summed E-state index contributed by atoms with van der Waals surface area (Å²) in [5, 5.41) is 5.75. The molecule has 0 saturated carbocycles. The molecule has 0 aliphatic heterocycles. The number of hydrogen-bond donors (Lipinski definition) is 0. The van der Waals surface area contributed by atoms with Gasteiger partial charge in [-0.05, 0) is 106 Å². The maximum absolute atomic E-state index is 4.78. The summed E-state index contributed by atoms with van der Waals surface area (Å²) in [7, 11) is 0. The number of benzene rings is 7. The smallest absolute Gasteiger partial charge is 0.116 e. The van der Waals surface area contributed by atoms with E-state index < -0.39 is 0 Å². The molecule has 0 fully saturated rings. The summed E-state index contributed by atoms with van der Waals surface area (Å²) in [6, 6.07) is 60.5. The number of fused-ring (bicyclic) bond motifs is 6. The summed E-state index contributed by atoms with van der Waals surface area (Å²) >= 11 is 1.75. The number of rotatable bonds is 6. The van der Waals surface area contributed by atoms with Crippen LogP contribution < -0.4 is 4.90 Å². The van der Waals surface area contributed by atoms with Crippen molar-refractivity contribution in [1.82, 2.24) is 19.9 Å². The highest BCUT2D eigenvalue weighted by molar-refractivity contribution is 7.26. The molecule has 0 spiro atoms. The van der Waals surface area contributed by atoms with Crippen LogP contribution in [0.1, 0.15) is 0 Å². The third-order valence-corrected chi connectivity index (χ3v) is 11.8. The fourth-order valence-electron chi connectivity index (χ4n) is 7.79. The molecule has 5 nitrogen and oxygen atoms in total. The number of thiophene rings is 1. The van der Waals surface area contributed by atoms with Gasteiger partial charge in [-0.1, -0.05) is 97.1 Å². The van der Waals surface area contributed by atoms with Crippen LogP contribution in [0.25, 0.3) is 86.4 Å². The lowest BCUT2D eigenvalue weighted by Gasteiger charge is -2.26. The van der Waals surface area contributed by atoms with E-state index in [-0.39, 0.29) is 0 Å². The van der Waals surface area contributed by atoms with E-state index >= 15 is 0 Å². The van der Waals surface area contributed by atoms with Crippen molar-refractivity contribution >= 4 is 81.3 Å². The summed E-state index contributed by atoms with van der Waals surface area (Å²) in [5.74, 6) is 0. The van der Waals surface area contributed by atoms with E-state index in [1.807, 2.05) is 24.5 Å². The van der Waals surface area contributed by atoms with Gasteiger partial charge < -0.3 is 4.90 Å². The molecule has 0 unspecified atom stereocenters. The molecule has 0 N–H and O–H groups in total. The Hall–Kier alpha value is -7.28. The predicted octanol–water partition coefficient (Wildman–Crippen LogP) is 13.6. The Balaban J connectivity index is 0.987. The molecule has 11 aromatic rings. The van der Waals surface area contributed by atoms with Crippen molar-refractivity contribution in [1.29, 1.82) is 0 Å². The molecule has 6 heteroatoms. The van der Waals surface area contributed by atoms with Gasteiger partial charge in [0.1, 0.15) is 6.33 Å². The first-order chi connectivity index (χ1) is 27.7. The number of aromatic nitrogens is 4. The van der Waals surface area contributed by atoms with Crippen molar-refractivity contribution in [2.45, 2.75) is 0 Å². The lowest BCUT2D eigenvalue weighted by molar-refractivity contribution is 1.24. The Labute approximate surface area is 326 Å². The SMILES string of the molecule is c1cnc2cc(-c3ccc(N(c4ccc(-c5ccc6cccnc6c5)cc4)c4ccc5cc(-c6ncnc7c6sc6ccccc67)ccc5c4)cc3)ccc2c1. The van der Waals surface area contributed by atoms with Crippen LogP contribution in [0.15, 0.2) is 189 Å². The lowest BCUT2D eigenvalue weighted by atomic mass is 10.0. The quantitative estimate of drug-likeness (QED) is 0.170. The van der Waals surface area contributed by atoms with Crippen LogP contribution in [0.2, 0.25) is 0 Å². The number of pyridine rings is 2. The molecule has 0 atom stereocenters. The summed E-state index contributed by atoms with van der Waals surface area (Å²) < 4.78 is 2.34. The molecule has 262 valence electrons. The van der Waals surface area contributed by atoms with Crippen LogP contribution >= 0.6 is 11.3 Å². The van der Waals surface area contributed by atoms with Gasteiger partial charge in [-0.25, -0.2) is 9.97 Å². The molecule has 0 aliphatic rings. The number of hydrogen-bond acceptors (Lipinski definition) is 6. The van der Waals surface area contributed by atoms with E-state index in [0.29, 0.717) is 0 Å².